The van der Waals surface area contributed by atoms with Gasteiger partial charge in [0.1, 0.15) is 6.61 Å². The molecule has 0 spiro atoms. The van der Waals surface area contributed by atoms with E-state index in [4.69, 9.17) is 21.1 Å². The van der Waals surface area contributed by atoms with E-state index in [2.05, 4.69) is 9.72 Å². The SMILES string of the molecule is COCCOc1cc([C@@H](O)Cc2c(C)cncc2Cl)ccc1OC(F)F. The molecule has 0 radical (unpaired) electrons. The number of pyridine rings is 1. The molecule has 0 bridgehead atoms. The minimum Gasteiger partial charge on any atom is -0.487 e. The van der Waals surface area contributed by atoms with E-state index in [1.807, 2.05) is 6.92 Å². The van der Waals surface area contributed by atoms with E-state index in [0.717, 1.165) is 11.1 Å². The topological polar surface area (TPSA) is 60.8 Å². The summed E-state index contributed by atoms with van der Waals surface area (Å²) in [6.45, 7) is -0.689. The largest absolute Gasteiger partial charge is 0.487 e. The fraction of sp³-hybridized carbons (Fsp3) is 0.389. The van der Waals surface area contributed by atoms with Crippen LogP contribution in [0, 0.1) is 6.92 Å². The average molecular weight is 388 g/mol. The molecule has 1 aromatic heterocycles. The van der Waals surface area contributed by atoms with Gasteiger partial charge in [-0.25, -0.2) is 0 Å². The van der Waals surface area contributed by atoms with Crippen molar-refractivity contribution in [3.63, 3.8) is 0 Å². The molecule has 1 N–H and O–H groups in total. The van der Waals surface area contributed by atoms with Gasteiger partial charge in [-0.2, -0.15) is 8.78 Å². The Morgan fingerprint density at radius 1 is 1.19 bits per heavy atom. The summed E-state index contributed by atoms with van der Waals surface area (Å²) in [7, 11) is 1.50. The first kappa shape index (κ1) is 20.4. The van der Waals surface area contributed by atoms with E-state index in [9.17, 15) is 13.9 Å². The predicted molar refractivity (Wildman–Crippen MR) is 93.1 cm³/mol. The zero-order valence-corrected chi connectivity index (χ0v) is 15.2. The maximum atomic E-state index is 12.6. The molecular formula is C18H20ClF2NO4. The van der Waals surface area contributed by atoms with Crippen LogP contribution in [0.2, 0.25) is 5.02 Å². The lowest BCUT2D eigenvalue weighted by Crippen LogP contribution is -2.10. The molecule has 0 fully saturated rings. The first-order valence-electron chi connectivity index (χ1n) is 7.90. The van der Waals surface area contributed by atoms with Crippen LogP contribution >= 0.6 is 11.6 Å². The summed E-state index contributed by atoms with van der Waals surface area (Å²) in [6.07, 6.45) is 2.51. The number of ether oxygens (including phenoxy) is 3. The zero-order valence-electron chi connectivity index (χ0n) is 14.4. The Bertz CT molecular complexity index is 710. The summed E-state index contributed by atoms with van der Waals surface area (Å²) < 4.78 is 39.9. The van der Waals surface area contributed by atoms with E-state index in [0.29, 0.717) is 10.6 Å². The molecule has 5 nitrogen and oxygen atoms in total. The Morgan fingerprint density at radius 3 is 2.62 bits per heavy atom. The van der Waals surface area contributed by atoms with Crippen molar-refractivity contribution in [2.24, 2.45) is 0 Å². The van der Waals surface area contributed by atoms with Crippen LogP contribution in [0.1, 0.15) is 22.8 Å². The lowest BCUT2D eigenvalue weighted by Gasteiger charge is -2.17. The minimum absolute atomic E-state index is 0.106. The highest BCUT2D eigenvalue weighted by Gasteiger charge is 2.17. The number of benzene rings is 1. The van der Waals surface area contributed by atoms with Crippen molar-refractivity contribution in [2.75, 3.05) is 20.3 Å². The monoisotopic (exact) mass is 387 g/mol. The number of rotatable bonds is 9. The number of hydrogen-bond donors (Lipinski definition) is 1. The van der Waals surface area contributed by atoms with Crippen molar-refractivity contribution in [3.05, 3.63) is 52.3 Å². The summed E-state index contributed by atoms with van der Waals surface area (Å²) >= 11 is 6.14. The molecule has 26 heavy (non-hydrogen) atoms. The second-order valence-electron chi connectivity index (χ2n) is 5.56. The molecule has 0 unspecified atom stereocenters. The highest BCUT2D eigenvalue weighted by atomic mass is 35.5. The van der Waals surface area contributed by atoms with Crippen LogP contribution in [0.4, 0.5) is 8.78 Å². The van der Waals surface area contributed by atoms with Gasteiger partial charge >= 0.3 is 6.61 Å². The van der Waals surface area contributed by atoms with Crippen molar-refractivity contribution >= 4 is 11.6 Å². The Morgan fingerprint density at radius 2 is 1.96 bits per heavy atom. The number of alkyl halides is 2. The quantitative estimate of drug-likeness (QED) is 0.660. The molecule has 0 aliphatic rings. The summed E-state index contributed by atoms with van der Waals surface area (Å²) in [5.74, 6) is 0.00150. The van der Waals surface area contributed by atoms with E-state index in [1.165, 1.54) is 31.5 Å². The Hall–Kier alpha value is -1.96. The lowest BCUT2D eigenvalue weighted by molar-refractivity contribution is -0.0517. The standard InChI is InChI=1S/C18H20ClF2NO4/c1-11-9-22-10-14(19)13(11)8-15(23)12-3-4-16(26-18(20)21)17(7-12)25-6-5-24-2/h3-4,7,9-10,15,18,23H,5-6,8H2,1-2H3/t15-/m0/s1. The van der Waals surface area contributed by atoms with E-state index >= 15 is 0 Å². The fourth-order valence-electron chi connectivity index (χ4n) is 2.40. The third-order valence-corrected chi connectivity index (χ3v) is 4.06. The summed E-state index contributed by atoms with van der Waals surface area (Å²) in [5, 5.41) is 11.0. The van der Waals surface area contributed by atoms with Gasteiger partial charge in [0, 0.05) is 25.9 Å². The maximum absolute atomic E-state index is 12.6. The van der Waals surface area contributed by atoms with Gasteiger partial charge in [-0.15, -0.1) is 0 Å². The van der Waals surface area contributed by atoms with Crippen LogP contribution in [0.3, 0.4) is 0 Å². The number of hydrogen-bond acceptors (Lipinski definition) is 5. The van der Waals surface area contributed by atoms with Crippen LogP contribution in [0.15, 0.2) is 30.6 Å². The molecule has 2 aromatic rings. The summed E-state index contributed by atoms with van der Waals surface area (Å²) in [5.41, 5.74) is 2.11. The normalized spacial score (nSPS) is 12.3. The Labute approximate surface area is 155 Å². The molecule has 8 heteroatoms. The number of aliphatic hydroxyl groups excluding tert-OH is 1. The number of aryl methyl sites for hydroxylation is 1. The maximum Gasteiger partial charge on any atom is 0.387 e. The van der Waals surface area contributed by atoms with Gasteiger partial charge in [-0.1, -0.05) is 17.7 Å². The van der Waals surface area contributed by atoms with Gasteiger partial charge in [0.05, 0.1) is 17.7 Å². The van der Waals surface area contributed by atoms with Gasteiger partial charge in [-0.05, 0) is 35.7 Å². The molecule has 1 heterocycles. The minimum atomic E-state index is -2.98. The van der Waals surface area contributed by atoms with Gasteiger partial charge in [0.15, 0.2) is 11.5 Å². The van der Waals surface area contributed by atoms with Crippen molar-refractivity contribution in [2.45, 2.75) is 26.1 Å². The Balaban J connectivity index is 2.23. The molecule has 1 atom stereocenters. The number of aliphatic hydroxyl groups is 1. The summed E-state index contributed by atoms with van der Waals surface area (Å²) in [4.78, 5) is 3.99. The van der Waals surface area contributed by atoms with Crippen LogP contribution < -0.4 is 9.47 Å². The van der Waals surface area contributed by atoms with Crippen LogP contribution in [-0.4, -0.2) is 37.0 Å². The first-order valence-corrected chi connectivity index (χ1v) is 8.27. The molecule has 0 saturated carbocycles. The fourth-order valence-corrected chi connectivity index (χ4v) is 2.68. The summed E-state index contributed by atoms with van der Waals surface area (Å²) in [6, 6.07) is 4.33. The smallest absolute Gasteiger partial charge is 0.387 e. The van der Waals surface area contributed by atoms with Crippen molar-refractivity contribution in [1.29, 1.82) is 0 Å². The van der Waals surface area contributed by atoms with E-state index in [-0.39, 0.29) is 31.1 Å². The van der Waals surface area contributed by atoms with E-state index < -0.39 is 12.7 Å². The zero-order chi connectivity index (χ0) is 19.1. The Kier molecular flexibility index (Phi) is 7.56. The first-order chi connectivity index (χ1) is 12.4. The van der Waals surface area contributed by atoms with Gasteiger partial charge in [0.25, 0.3) is 0 Å². The number of nitrogens with zero attached hydrogens (tertiary/aromatic N) is 1. The molecule has 142 valence electrons. The number of methoxy groups -OCH3 is 1. The van der Waals surface area contributed by atoms with Gasteiger partial charge in [-0.3, -0.25) is 4.98 Å². The second-order valence-corrected chi connectivity index (χ2v) is 5.97. The van der Waals surface area contributed by atoms with Crippen molar-refractivity contribution in [3.8, 4) is 11.5 Å². The van der Waals surface area contributed by atoms with Gasteiger partial charge in [0.2, 0.25) is 0 Å². The third-order valence-electron chi connectivity index (χ3n) is 3.73. The predicted octanol–water partition coefficient (Wildman–Crippen LogP) is 3.95. The van der Waals surface area contributed by atoms with Crippen LogP contribution in [0.5, 0.6) is 11.5 Å². The second kappa shape index (κ2) is 9.66. The number of halogens is 3. The molecule has 2 rings (SSSR count). The van der Waals surface area contributed by atoms with Crippen LogP contribution in [-0.2, 0) is 11.2 Å². The van der Waals surface area contributed by atoms with Crippen molar-refractivity contribution in [1.82, 2.24) is 4.98 Å². The van der Waals surface area contributed by atoms with Crippen molar-refractivity contribution < 1.29 is 28.1 Å². The van der Waals surface area contributed by atoms with Crippen LogP contribution in [0.25, 0.3) is 0 Å². The highest BCUT2D eigenvalue weighted by molar-refractivity contribution is 6.31. The average Bonchev–Trinajstić information content (AvgIpc) is 2.59. The molecule has 0 aliphatic heterocycles. The van der Waals surface area contributed by atoms with Gasteiger partial charge < -0.3 is 19.3 Å². The third kappa shape index (κ3) is 5.52. The lowest BCUT2D eigenvalue weighted by atomic mass is 9.99. The highest BCUT2D eigenvalue weighted by Crippen LogP contribution is 2.33. The molecule has 0 saturated heterocycles. The molecule has 1 aromatic carbocycles. The van der Waals surface area contributed by atoms with E-state index in [1.54, 1.807) is 6.20 Å². The molecular weight excluding hydrogens is 368 g/mol. The number of aromatic nitrogens is 1. The molecule has 0 aliphatic carbocycles. The molecule has 0 amide bonds.